The Morgan fingerprint density at radius 1 is 1.03 bits per heavy atom. The molecule has 0 unspecified atom stereocenters. The highest BCUT2D eigenvalue weighted by Gasteiger charge is 2.23. The zero-order chi connectivity index (χ0) is 22.5. The molecule has 5 nitrogen and oxygen atoms in total. The minimum absolute atomic E-state index is 0.0105. The van der Waals surface area contributed by atoms with Crippen LogP contribution in [-0.2, 0) is 14.5 Å². The average Bonchev–Trinajstić information content (AvgIpc) is 2.66. The van der Waals surface area contributed by atoms with Gasteiger partial charge in [-0.1, -0.05) is 46.5 Å². The van der Waals surface area contributed by atoms with E-state index >= 15 is 0 Å². The molecule has 0 aliphatic carbocycles. The summed E-state index contributed by atoms with van der Waals surface area (Å²) in [6.45, 7) is 8.39. The second kappa shape index (κ2) is 9.40. The second-order valence-electron chi connectivity index (χ2n) is 7.93. The first-order valence-electron chi connectivity index (χ1n) is 9.28. The van der Waals surface area contributed by atoms with Gasteiger partial charge < -0.3 is 5.32 Å². The Bertz CT molecular complexity index is 997. The minimum Gasteiger partial charge on any atom is -0.322 e. The number of halogens is 2. The molecule has 2 aromatic rings. The maximum atomic E-state index is 14.3. The van der Waals surface area contributed by atoms with Gasteiger partial charge in [0.1, 0.15) is 5.82 Å². The molecule has 0 aromatic heterocycles. The maximum absolute atomic E-state index is 14.3. The van der Waals surface area contributed by atoms with Crippen molar-refractivity contribution < 1.29 is 28.1 Å². The summed E-state index contributed by atoms with van der Waals surface area (Å²) in [4.78, 5) is 33.2. The Morgan fingerprint density at radius 2 is 1.67 bits per heavy atom. The number of nitrogens with one attached hydrogen (secondary N) is 1. The van der Waals surface area contributed by atoms with E-state index in [1.54, 1.807) is 46.8 Å². The number of carbonyl (C=O) groups excluding carboxylic acids is 2. The SMILES string of the molecule is CC(C)C(=O)OOc1ccc(C#Cc2cc(F)cc(F)c2NC(=O)C(C)(C)C)cc1. The quantitative estimate of drug-likeness (QED) is 0.441. The lowest BCUT2D eigenvalue weighted by atomic mass is 9.95. The first-order chi connectivity index (χ1) is 14.0. The Kier molecular flexibility index (Phi) is 7.17. The van der Waals surface area contributed by atoms with E-state index in [1.165, 1.54) is 12.1 Å². The van der Waals surface area contributed by atoms with Gasteiger partial charge in [0.15, 0.2) is 11.6 Å². The summed E-state index contributed by atoms with van der Waals surface area (Å²) < 4.78 is 28.0. The summed E-state index contributed by atoms with van der Waals surface area (Å²) in [5, 5.41) is 2.48. The largest absolute Gasteiger partial charge is 0.357 e. The van der Waals surface area contributed by atoms with Crippen LogP contribution in [0.2, 0.25) is 0 Å². The minimum atomic E-state index is -0.910. The van der Waals surface area contributed by atoms with Crippen LogP contribution in [0.25, 0.3) is 0 Å². The number of benzene rings is 2. The molecule has 0 bridgehead atoms. The molecule has 0 aliphatic rings. The fraction of sp³-hybridized carbons (Fsp3) is 0.304. The number of carbonyl (C=O) groups is 2. The smallest absolute Gasteiger partial charge is 0.322 e. The van der Waals surface area contributed by atoms with Gasteiger partial charge in [-0.3, -0.25) is 14.6 Å². The molecule has 7 heteroatoms. The van der Waals surface area contributed by atoms with Gasteiger partial charge in [0, 0.05) is 17.0 Å². The summed E-state index contributed by atoms with van der Waals surface area (Å²) in [7, 11) is 0. The number of amides is 1. The van der Waals surface area contributed by atoms with Gasteiger partial charge in [-0.05, 0) is 30.3 Å². The molecular formula is C23H23F2NO4. The molecule has 0 saturated carbocycles. The molecule has 2 rings (SSSR count). The summed E-state index contributed by atoms with van der Waals surface area (Å²) in [6.07, 6.45) is 0. The van der Waals surface area contributed by atoms with Crippen molar-refractivity contribution in [2.45, 2.75) is 34.6 Å². The van der Waals surface area contributed by atoms with E-state index in [9.17, 15) is 18.4 Å². The lowest BCUT2D eigenvalue weighted by Crippen LogP contribution is -2.28. The number of rotatable bonds is 4. The molecule has 0 heterocycles. The first-order valence-corrected chi connectivity index (χ1v) is 9.28. The van der Waals surface area contributed by atoms with Gasteiger partial charge in [-0.25, -0.2) is 13.6 Å². The summed E-state index contributed by atoms with van der Waals surface area (Å²) in [5.74, 6) is 2.79. The predicted molar refractivity (Wildman–Crippen MR) is 108 cm³/mol. The third-order valence-corrected chi connectivity index (χ3v) is 3.86. The highest BCUT2D eigenvalue weighted by Crippen LogP contribution is 2.24. The zero-order valence-corrected chi connectivity index (χ0v) is 17.4. The molecular weight excluding hydrogens is 392 g/mol. The van der Waals surface area contributed by atoms with Gasteiger partial charge in [-0.2, -0.15) is 0 Å². The number of anilines is 1. The molecule has 0 saturated heterocycles. The van der Waals surface area contributed by atoms with Crippen LogP contribution >= 0.6 is 0 Å². The topological polar surface area (TPSA) is 64.6 Å². The monoisotopic (exact) mass is 415 g/mol. The van der Waals surface area contributed by atoms with Crippen molar-refractivity contribution in [2.24, 2.45) is 11.3 Å². The van der Waals surface area contributed by atoms with Crippen LogP contribution in [0.4, 0.5) is 14.5 Å². The zero-order valence-electron chi connectivity index (χ0n) is 17.4. The summed E-state index contributed by atoms with van der Waals surface area (Å²) >= 11 is 0. The molecule has 2 aromatic carbocycles. The molecule has 30 heavy (non-hydrogen) atoms. The number of hydrogen-bond acceptors (Lipinski definition) is 4. The van der Waals surface area contributed by atoms with Gasteiger partial charge in [0.05, 0.1) is 17.2 Å². The standard InChI is InChI=1S/C23H23F2NO4/c1-14(2)21(27)30-29-18-10-7-15(8-11-18)6-9-16-12-17(24)13-19(25)20(16)26-22(28)23(3,4)5/h7-8,10-14H,1-5H3,(H,26,28). The average molecular weight is 415 g/mol. The van der Waals surface area contributed by atoms with Crippen LogP contribution in [0.1, 0.15) is 45.7 Å². The second-order valence-corrected chi connectivity index (χ2v) is 7.93. The molecule has 0 radical (unpaired) electrons. The van der Waals surface area contributed by atoms with E-state index in [2.05, 4.69) is 22.0 Å². The first kappa shape index (κ1) is 22.9. The summed E-state index contributed by atoms with van der Waals surface area (Å²) in [6, 6.07) is 7.99. The van der Waals surface area contributed by atoms with Gasteiger partial charge in [0.2, 0.25) is 5.91 Å². The Hall–Kier alpha value is -3.40. The van der Waals surface area contributed by atoms with Crippen LogP contribution in [0, 0.1) is 34.8 Å². The van der Waals surface area contributed by atoms with Gasteiger partial charge in [0.25, 0.3) is 0 Å². The lowest BCUT2D eigenvalue weighted by Gasteiger charge is -2.18. The van der Waals surface area contributed by atoms with E-state index in [0.29, 0.717) is 17.4 Å². The van der Waals surface area contributed by atoms with Crippen molar-refractivity contribution >= 4 is 17.6 Å². The van der Waals surface area contributed by atoms with Gasteiger partial charge in [-0.15, -0.1) is 0 Å². The van der Waals surface area contributed by atoms with Crippen molar-refractivity contribution in [3.05, 3.63) is 59.2 Å². The van der Waals surface area contributed by atoms with E-state index in [1.807, 2.05) is 0 Å². The van der Waals surface area contributed by atoms with E-state index in [0.717, 1.165) is 6.07 Å². The number of hydrogen-bond donors (Lipinski definition) is 1. The van der Waals surface area contributed by atoms with E-state index in [4.69, 9.17) is 4.89 Å². The van der Waals surface area contributed by atoms with E-state index < -0.39 is 28.9 Å². The highest BCUT2D eigenvalue weighted by molar-refractivity contribution is 5.95. The van der Waals surface area contributed by atoms with Crippen molar-refractivity contribution in [3.8, 4) is 17.6 Å². The Morgan fingerprint density at radius 3 is 2.23 bits per heavy atom. The predicted octanol–water partition coefficient (Wildman–Crippen LogP) is 4.84. The van der Waals surface area contributed by atoms with Crippen LogP contribution in [-0.4, -0.2) is 11.9 Å². The molecule has 158 valence electrons. The van der Waals surface area contributed by atoms with Crippen LogP contribution in [0.5, 0.6) is 5.75 Å². The molecule has 0 fully saturated rings. The maximum Gasteiger partial charge on any atom is 0.357 e. The van der Waals surface area contributed by atoms with Crippen LogP contribution < -0.4 is 10.2 Å². The normalized spacial score (nSPS) is 10.8. The molecule has 0 aliphatic heterocycles. The third-order valence-electron chi connectivity index (χ3n) is 3.86. The lowest BCUT2D eigenvalue weighted by molar-refractivity contribution is -0.217. The van der Waals surface area contributed by atoms with Crippen molar-refractivity contribution in [2.75, 3.05) is 5.32 Å². The Labute approximate surface area is 174 Å². The Balaban J connectivity index is 2.23. The fourth-order valence-corrected chi connectivity index (χ4v) is 2.02. The van der Waals surface area contributed by atoms with Crippen LogP contribution in [0.3, 0.4) is 0 Å². The molecule has 0 atom stereocenters. The third kappa shape index (κ3) is 6.31. The molecule has 0 spiro atoms. The van der Waals surface area contributed by atoms with Crippen LogP contribution in [0.15, 0.2) is 36.4 Å². The highest BCUT2D eigenvalue weighted by atomic mass is 19.1. The summed E-state index contributed by atoms with van der Waals surface area (Å²) in [5.41, 5.74) is -0.406. The van der Waals surface area contributed by atoms with Gasteiger partial charge >= 0.3 is 5.97 Å². The molecule has 1 N–H and O–H groups in total. The van der Waals surface area contributed by atoms with Crippen molar-refractivity contribution in [3.63, 3.8) is 0 Å². The van der Waals surface area contributed by atoms with E-state index in [-0.39, 0.29) is 17.2 Å². The fourth-order valence-electron chi connectivity index (χ4n) is 2.02. The van der Waals surface area contributed by atoms with Crippen molar-refractivity contribution in [1.29, 1.82) is 0 Å². The van der Waals surface area contributed by atoms with Crippen molar-refractivity contribution in [1.82, 2.24) is 0 Å². The molecule has 1 amide bonds.